The third-order valence-electron chi connectivity index (χ3n) is 9.60. The van der Waals surface area contributed by atoms with Gasteiger partial charge in [0, 0.05) is 11.1 Å². The van der Waals surface area contributed by atoms with Crippen LogP contribution in [0.15, 0.2) is 137 Å². The van der Waals surface area contributed by atoms with Crippen LogP contribution >= 0.6 is 23.1 Å². The number of carbonyl (C=O) groups excluding carboxylic acids is 3. The average molecular weight is 816 g/mol. The van der Waals surface area contributed by atoms with E-state index < -0.39 is 46.3 Å². The molecule has 0 bridgehead atoms. The van der Waals surface area contributed by atoms with Crippen LogP contribution in [0, 0.1) is 0 Å². The first-order valence-corrected chi connectivity index (χ1v) is 20.4. The smallest absolute Gasteiger partial charge is 0.355 e. The molecule has 1 unspecified atom stereocenters. The van der Waals surface area contributed by atoms with Crippen molar-refractivity contribution in [2.75, 3.05) is 18.2 Å². The van der Waals surface area contributed by atoms with Gasteiger partial charge in [0.15, 0.2) is 10.8 Å². The van der Waals surface area contributed by atoms with Crippen molar-refractivity contribution >= 4 is 57.7 Å². The molecule has 7 rings (SSSR count). The van der Waals surface area contributed by atoms with Gasteiger partial charge in [-0.3, -0.25) is 14.5 Å². The molecule has 12 nitrogen and oxygen atoms in total. The number of nitrogens with one attached hydrogen (secondary N) is 2. The van der Waals surface area contributed by atoms with Crippen LogP contribution in [0.1, 0.15) is 59.1 Å². The van der Waals surface area contributed by atoms with Crippen molar-refractivity contribution in [1.29, 1.82) is 0 Å². The Labute approximate surface area is 344 Å². The fourth-order valence-corrected chi connectivity index (χ4v) is 9.13. The Morgan fingerprint density at radius 3 is 1.97 bits per heavy atom. The number of nitrogens with zero attached hydrogens (tertiary/aromatic N) is 3. The molecule has 5 aromatic rings. The number of carboxylic acid groups (broad SMARTS) is 1. The number of carboxylic acids is 1. The minimum absolute atomic E-state index is 0.121. The lowest BCUT2D eigenvalue weighted by atomic mass is 9.77. The van der Waals surface area contributed by atoms with Crippen LogP contribution in [0.3, 0.4) is 0 Å². The van der Waals surface area contributed by atoms with E-state index in [2.05, 4.69) is 52.2 Å². The van der Waals surface area contributed by atoms with Gasteiger partial charge in [-0.2, -0.15) is 0 Å². The summed E-state index contributed by atoms with van der Waals surface area (Å²) in [5.74, 6) is -2.50. The van der Waals surface area contributed by atoms with E-state index in [4.69, 9.17) is 14.6 Å². The lowest BCUT2D eigenvalue weighted by molar-refractivity contribution is -0.158. The Bertz CT molecular complexity index is 2280. The van der Waals surface area contributed by atoms with Crippen LogP contribution in [0.5, 0.6) is 0 Å². The van der Waals surface area contributed by atoms with Crippen molar-refractivity contribution in [2.24, 2.45) is 5.16 Å². The normalized spacial score (nSPS) is 16.9. The van der Waals surface area contributed by atoms with Gasteiger partial charge < -0.3 is 25.3 Å². The number of hydrogen-bond donors (Lipinski definition) is 3. The number of β-lactam (4-membered cyclic amide) rings is 1. The Kier molecular flexibility index (Phi) is 11.5. The number of anilines is 1. The molecule has 0 aliphatic carbocycles. The van der Waals surface area contributed by atoms with Crippen LogP contribution in [0.25, 0.3) is 0 Å². The number of oxime groups is 1. The molecule has 2 atom stereocenters. The van der Waals surface area contributed by atoms with Crippen LogP contribution in [0.2, 0.25) is 0 Å². The fraction of sp³-hybridized carbons (Fsp3) is 0.227. The van der Waals surface area contributed by atoms with Crippen molar-refractivity contribution in [3.05, 3.63) is 165 Å². The minimum atomic E-state index is -1.04. The summed E-state index contributed by atoms with van der Waals surface area (Å²) in [4.78, 5) is 64.3. The Morgan fingerprint density at radius 1 is 0.879 bits per heavy atom. The molecule has 2 aliphatic heterocycles. The van der Waals surface area contributed by atoms with Gasteiger partial charge in [0.2, 0.25) is 0 Å². The number of benzene rings is 4. The van der Waals surface area contributed by atoms with Crippen molar-refractivity contribution in [2.45, 2.75) is 49.7 Å². The summed E-state index contributed by atoms with van der Waals surface area (Å²) in [5, 5.41) is 21.5. The van der Waals surface area contributed by atoms with Crippen molar-refractivity contribution < 1.29 is 33.9 Å². The number of aromatic carboxylic acids is 1. The first-order valence-electron chi connectivity index (χ1n) is 18.4. The van der Waals surface area contributed by atoms with Gasteiger partial charge in [0.05, 0.1) is 5.56 Å². The minimum Gasteiger partial charge on any atom is -0.478 e. The van der Waals surface area contributed by atoms with Gasteiger partial charge >= 0.3 is 11.9 Å². The van der Waals surface area contributed by atoms with Crippen LogP contribution < -0.4 is 10.6 Å². The predicted octanol–water partition coefficient (Wildman–Crippen LogP) is 6.83. The van der Waals surface area contributed by atoms with Crippen LogP contribution in [-0.4, -0.2) is 74.3 Å². The summed E-state index contributed by atoms with van der Waals surface area (Å²) in [6.45, 7) is 5.23. The number of ether oxygens (including phenoxy) is 1. The van der Waals surface area contributed by atoms with Gasteiger partial charge in [0.1, 0.15) is 41.1 Å². The van der Waals surface area contributed by atoms with Crippen molar-refractivity contribution in [3.63, 3.8) is 0 Å². The summed E-state index contributed by atoms with van der Waals surface area (Å²) in [6, 6.07) is 35.5. The molecule has 14 heteroatoms. The maximum Gasteiger partial charge on any atom is 0.355 e. The highest BCUT2D eigenvalue weighted by Crippen LogP contribution is 2.43. The van der Waals surface area contributed by atoms with Crippen LogP contribution in [-0.2, 0) is 35.9 Å². The lowest BCUT2D eigenvalue weighted by Crippen LogP contribution is -2.71. The van der Waals surface area contributed by atoms with E-state index in [1.807, 2.05) is 54.6 Å². The highest BCUT2D eigenvalue weighted by atomic mass is 32.2. The number of fused-ring (bicyclic) bond motifs is 1. The predicted molar refractivity (Wildman–Crippen MR) is 223 cm³/mol. The lowest BCUT2D eigenvalue weighted by Gasteiger charge is -2.50. The summed E-state index contributed by atoms with van der Waals surface area (Å²) in [5.41, 5.74) is 3.02. The molecule has 0 radical (unpaired) electrons. The topological polar surface area (TPSA) is 160 Å². The molecule has 0 saturated carbocycles. The van der Waals surface area contributed by atoms with Crippen molar-refractivity contribution in [1.82, 2.24) is 15.2 Å². The average Bonchev–Trinajstić information content (AvgIpc) is 3.69. The standard InChI is InChI=1S/C44H41N5O7S2/c1-43(2,3)56-41(54)36-29(24-27-20-22-28(23-21-27)40(52)53)25-57-39-35(38(51)49(36)39)46-37(50)34(48-55-4)33-26-58-42(45-33)47-44(30-14-8-5-9-15-30,31-16-10-6-11-17-31)32-18-12-7-13-19-32/h5-23,26,35,39H,24-25H2,1-4H3,(H,45,47)(H,46,50)(H,52,53)/t35?,39-/m0/s1. The molecule has 1 aromatic heterocycles. The molecule has 0 spiro atoms. The van der Waals surface area contributed by atoms with E-state index in [0.29, 0.717) is 22.9 Å². The number of thiazole rings is 1. The number of thioether (sulfide) groups is 1. The van der Waals surface area contributed by atoms with E-state index in [9.17, 15) is 24.3 Å². The first-order chi connectivity index (χ1) is 27.9. The zero-order chi connectivity index (χ0) is 41.0. The third-order valence-corrected chi connectivity index (χ3v) is 11.7. The third kappa shape index (κ3) is 8.11. The molecular weight excluding hydrogens is 775 g/mol. The van der Waals surface area contributed by atoms with Gasteiger partial charge in [0.25, 0.3) is 11.8 Å². The van der Waals surface area contributed by atoms with E-state index in [-0.39, 0.29) is 22.7 Å². The van der Waals surface area contributed by atoms with Gasteiger partial charge in [-0.15, -0.1) is 23.1 Å². The number of amides is 2. The fourth-order valence-electron chi connectivity index (χ4n) is 7.03. The van der Waals surface area contributed by atoms with E-state index in [0.717, 1.165) is 22.3 Å². The molecule has 3 heterocycles. The Hall–Kier alpha value is -6.25. The monoisotopic (exact) mass is 815 g/mol. The maximum absolute atomic E-state index is 14.0. The summed E-state index contributed by atoms with van der Waals surface area (Å²) in [7, 11) is 1.33. The summed E-state index contributed by atoms with van der Waals surface area (Å²) < 4.78 is 5.75. The number of aromatic nitrogens is 1. The molecule has 2 amide bonds. The molecule has 2 aliphatic rings. The molecule has 1 saturated heterocycles. The van der Waals surface area contributed by atoms with E-state index >= 15 is 0 Å². The zero-order valence-corrected chi connectivity index (χ0v) is 33.8. The largest absolute Gasteiger partial charge is 0.478 e. The number of rotatable bonds is 13. The molecule has 1 fully saturated rings. The first kappa shape index (κ1) is 40.0. The van der Waals surface area contributed by atoms with Gasteiger partial charge in [-0.25, -0.2) is 14.6 Å². The Balaban J connectivity index is 1.15. The number of esters is 1. The second-order valence-corrected chi connectivity index (χ2v) is 16.6. The highest BCUT2D eigenvalue weighted by Gasteiger charge is 2.55. The quantitative estimate of drug-likeness (QED) is 0.0378. The molecule has 296 valence electrons. The van der Waals surface area contributed by atoms with E-state index in [1.165, 1.54) is 47.2 Å². The number of hydrogen-bond acceptors (Lipinski definition) is 11. The second-order valence-electron chi connectivity index (χ2n) is 14.6. The second kappa shape index (κ2) is 16.7. The summed E-state index contributed by atoms with van der Waals surface area (Å²) in [6.07, 6.45) is 0.292. The van der Waals surface area contributed by atoms with Gasteiger partial charge in [-0.1, -0.05) is 108 Å². The zero-order valence-electron chi connectivity index (χ0n) is 32.2. The maximum atomic E-state index is 14.0. The summed E-state index contributed by atoms with van der Waals surface area (Å²) >= 11 is 2.70. The highest BCUT2D eigenvalue weighted by molar-refractivity contribution is 8.00. The molecular formula is C44H41N5O7S2. The molecule has 58 heavy (non-hydrogen) atoms. The Morgan fingerprint density at radius 2 is 1.45 bits per heavy atom. The molecule has 4 aromatic carbocycles. The van der Waals surface area contributed by atoms with Gasteiger partial charge in [-0.05, 0) is 67.2 Å². The SMILES string of the molecule is CON=C(C(=O)NC1C(=O)N2C(C(=O)OC(C)(C)C)=C(Cc3ccc(C(=O)O)cc3)CS[C@@H]12)c1csc(NC(c2ccccc2)(c2ccccc2)c2ccccc2)n1. The molecule has 3 N–H and O–H groups in total. The van der Waals surface area contributed by atoms with Crippen molar-refractivity contribution in [3.8, 4) is 0 Å². The number of carbonyl (C=O) groups is 4. The van der Waals surface area contributed by atoms with E-state index in [1.54, 1.807) is 38.3 Å². The van der Waals surface area contributed by atoms with Crippen LogP contribution in [0.4, 0.5) is 5.13 Å².